The molecule has 1 fully saturated rings. The Morgan fingerprint density at radius 1 is 1.25 bits per heavy atom. The minimum Gasteiger partial charge on any atom is -0.392 e. The molecule has 0 spiro atoms. The largest absolute Gasteiger partial charge is 0.392 e. The van der Waals surface area contributed by atoms with Crippen molar-refractivity contribution in [2.24, 2.45) is 5.73 Å². The van der Waals surface area contributed by atoms with E-state index in [0.717, 1.165) is 0 Å². The van der Waals surface area contributed by atoms with E-state index in [-0.39, 0.29) is 0 Å². The third kappa shape index (κ3) is 4.79. The molecule has 3 heteroatoms. The first kappa shape index (κ1) is 13.9. The molecule has 0 saturated carbocycles. The molecule has 0 bridgehead atoms. The molecule has 0 aromatic rings. The smallest absolute Gasteiger partial charge is 0.0902 e. The van der Waals surface area contributed by atoms with Crippen molar-refractivity contribution in [2.75, 3.05) is 13.1 Å². The Bertz CT molecular complexity index is 206. The van der Waals surface area contributed by atoms with Gasteiger partial charge in [-0.3, -0.25) is 4.90 Å². The van der Waals surface area contributed by atoms with Crippen LogP contribution in [0.2, 0.25) is 0 Å². The van der Waals surface area contributed by atoms with Gasteiger partial charge in [0.1, 0.15) is 0 Å². The second kappa shape index (κ2) is 8.02. The van der Waals surface area contributed by atoms with Crippen molar-refractivity contribution in [3.05, 3.63) is 0 Å². The van der Waals surface area contributed by atoms with Gasteiger partial charge in [-0.15, -0.1) is 0 Å². The van der Waals surface area contributed by atoms with E-state index in [4.69, 9.17) is 18.0 Å². The van der Waals surface area contributed by atoms with Crippen molar-refractivity contribution in [1.29, 1.82) is 0 Å². The average molecular weight is 242 g/mol. The van der Waals surface area contributed by atoms with Crippen LogP contribution in [0.1, 0.15) is 58.3 Å². The molecule has 0 radical (unpaired) electrons. The first-order valence-electron chi connectivity index (χ1n) is 6.79. The van der Waals surface area contributed by atoms with Gasteiger partial charge in [-0.2, -0.15) is 0 Å². The van der Waals surface area contributed by atoms with Crippen molar-refractivity contribution in [3.63, 3.8) is 0 Å². The molecule has 0 aromatic heterocycles. The number of nitrogens with two attached hydrogens (primary N) is 1. The van der Waals surface area contributed by atoms with Crippen molar-refractivity contribution < 1.29 is 0 Å². The predicted octanol–water partition coefficient (Wildman–Crippen LogP) is 3.10. The molecule has 1 atom stereocenters. The van der Waals surface area contributed by atoms with Gasteiger partial charge in [0.2, 0.25) is 0 Å². The van der Waals surface area contributed by atoms with Crippen molar-refractivity contribution in [2.45, 2.75) is 64.3 Å². The van der Waals surface area contributed by atoms with Crippen molar-refractivity contribution in [1.82, 2.24) is 4.90 Å². The molecule has 1 saturated heterocycles. The minimum absolute atomic E-state index is 0.384. The lowest BCUT2D eigenvalue weighted by Crippen LogP contribution is -2.47. The number of hydrogen-bond acceptors (Lipinski definition) is 2. The Morgan fingerprint density at radius 2 is 2.00 bits per heavy atom. The maximum Gasteiger partial charge on any atom is 0.0902 e. The second-order valence-electron chi connectivity index (χ2n) is 4.86. The maximum absolute atomic E-state index is 5.80. The number of rotatable bonds is 7. The first-order valence-corrected chi connectivity index (χ1v) is 7.20. The Hall–Kier alpha value is -0.150. The fourth-order valence-electron chi connectivity index (χ4n) is 2.50. The first-order chi connectivity index (χ1) is 7.75. The summed E-state index contributed by atoms with van der Waals surface area (Å²) in [6.45, 7) is 4.63. The Labute approximate surface area is 106 Å². The zero-order valence-electron chi connectivity index (χ0n) is 10.6. The molecule has 0 aliphatic carbocycles. The van der Waals surface area contributed by atoms with E-state index in [1.807, 2.05) is 0 Å². The van der Waals surface area contributed by atoms with Crippen LogP contribution >= 0.6 is 12.2 Å². The molecule has 2 nitrogen and oxygen atoms in total. The molecule has 16 heavy (non-hydrogen) atoms. The number of nitrogens with zero attached hydrogens (tertiary/aromatic N) is 1. The normalized spacial score (nSPS) is 22.2. The van der Waals surface area contributed by atoms with Crippen LogP contribution in [0.15, 0.2) is 0 Å². The topological polar surface area (TPSA) is 29.3 Å². The molecule has 1 aliphatic rings. The molecule has 1 rings (SSSR count). The summed E-state index contributed by atoms with van der Waals surface area (Å²) < 4.78 is 0. The van der Waals surface area contributed by atoms with Crippen molar-refractivity contribution in [3.8, 4) is 0 Å². The zero-order chi connectivity index (χ0) is 11.8. The highest BCUT2D eigenvalue weighted by molar-refractivity contribution is 7.80. The quantitative estimate of drug-likeness (QED) is 0.549. The molecular weight excluding hydrogens is 216 g/mol. The van der Waals surface area contributed by atoms with E-state index in [1.54, 1.807) is 0 Å². The van der Waals surface area contributed by atoms with Crippen LogP contribution in [-0.4, -0.2) is 29.0 Å². The molecule has 2 N–H and O–H groups in total. The summed E-state index contributed by atoms with van der Waals surface area (Å²) in [4.78, 5) is 3.20. The number of unbranched alkanes of at least 4 members (excludes halogenated alkanes) is 4. The van der Waals surface area contributed by atoms with Gasteiger partial charge in [0.25, 0.3) is 0 Å². The van der Waals surface area contributed by atoms with Gasteiger partial charge in [0.15, 0.2) is 0 Å². The molecule has 0 amide bonds. The van der Waals surface area contributed by atoms with Crippen LogP contribution in [0.25, 0.3) is 0 Å². The lowest BCUT2D eigenvalue weighted by atomic mass is 10.0. The Kier molecular flexibility index (Phi) is 6.97. The van der Waals surface area contributed by atoms with Crippen LogP contribution in [0.4, 0.5) is 0 Å². The summed E-state index contributed by atoms with van der Waals surface area (Å²) in [5, 5.41) is 0. The van der Waals surface area contributed by atoms with E-state index < -0.39 is 0 Å². The third-order valence-corrected chi connectivity index (χ3v) is 3.76. The van der Waals surface area contributed by atoms with Gasteiger partial charge in [0.05, 0.1) is 11.0 Å². The van der Waals surface area contributed by atoms with E-state index in [0.29, 0.717) is 11.0 Å². The summed E-state index contributed by atoms with van der Waals surface area (Å²) in [6.07, 6.45) is 10.5. The molecule has 1 aliphatic heterocycles. The minimum atomic E-state index is 0.384. The fraction of sp³-hybridized carbons (Fsp3) is 0.923. The number of likely N-dealkylation sites (tertiary alicyclic amines) is 1. The van der Waals surface area contributed by atoms with E-state index in [9.17, 15) is 0 Å². The van der Waals surface area contributed by atoms with Crippen LogP contribution < -0.4 is 5.73 Å². The number of piperidine rings is 1. The summed E-state index contributed by atoms with van der Waals surface area (Å²) in [6, 6.07) is 0.384. The molecule has 1 unspecified atom stereocenters. The fourth-order valence-corrected chi connectivity index (χ4v) is 2.77. The van der Waals surface area contributed by atoms with Crippen molar-refractivity contribution >= 4 is 17.2 Å². The molecule has 1 heterocycles. The van der Waals surface area contributed by atoms with Gasteiger partial charge in [-0.25, -0.2) is 0 Å². The van der Waals surface area contributed by atoms with E-state index in [2.05, 4.69) is 11.8 Å². The van der Waals surface area contributed by atoms with E-state index in [1.165, 1.54) is 64.5 Å². The number of hydrogen-bond donors (Lipinski definition) is 1. The molecule has 94 valence electrons. The summed E-state index contributed by atoms with van der Waals surface area (Å²) in [5.41, 5.74) is 5.80. The standard InChI is InChI=1S/C13H26N2S/c1-2-3-4-5-7-10-15-11-8-6-9-12(15)13(14)16/h12H,2-11H2,1H3,(H2,14,16). The zero-order valence-corrected chi connectivity index (χ0v) is 11.4. The maximum atomic E-state index is 5.80. The summed E-state index contributed by atoms with van der Waals surface area (Å²) >= 11 is 5.15. The summed E-state index contributed by atoms with van der Waals surface area (Å²) in [7, 11) is 0. The predicted molar refractivity (Wildman–Crippen MR) is 74.8 cm³/mol. The highest BCUT2D eigenvalue weighted by Gasteiger charge is 2.23. The number of thiocarbonyl (C=S) groups is 1. The van der Waals surface area contributed by atoms with Crippen LogP contribution in [0, 0.1) is 0 Å². The van der Waals surface area contributed by atoms with E-state index >= 15 is 0 Å². The highest BCUT2D eigenvalue weighted by atomic mass is 32.1. The second-order valence-corrected chi connectivity index (χ2v) is 5.34. The van der Waals surface area contributed by atoms with Gasteiger partial charge in [0, 0.05) is 0 Å². The monoisotopic (exact) mass is 242 g/mol. The highest BCUT2D eigenvalue weighted by Crippen LogP contribution is 2.18. The van der Waals surface area contributed by atoms with Gasteiger partial charge in [-0.05, 0) is 32.4 Å². The third-order valence-electron chi connectivity index (χ3n) is 3.49. The Morgan fingerprint density at radius 3 is 2.69 bits per heavy atom. The lowest BCUT2D eigenvalue weighted by Gasteiger charge is -2.34. The van der Waals surface area contributed by atoms with Crippen LogP contribution in [-0.2, 0) is 0 Å². The summed E-state index contributed by atoms with van der Waals surface area (Å²) in [5.74, 6) is 0. The van der Waals surface area contributed by atoms with Gasteiger partial charge < -0.3 is 5.73 Å². The van der Waals surface area contributed by atoms with Gasteiger partial charge >= 0.3 is 0 Å². The Balaban J connectivity index is 2.19. The molecule has 0 aromatic carbocycles. The molecular formula is C13H26N2S. The van der Waals surface area contributed by atoms with Crippen LogP contribution in [0.5, 0.6) is 0 Å². The van der Waals surface area contributed by atoms with Crippen LogP contribution in [0.3, 0.4) is 0 Å². The lowest BCUT2D eigenvalue weighted by molar-refractivity contribution is 0.189. The van der Waals surface area contributed by atoms with Gasteiger partial charge in [-0.1, -0.05) is 51.2 Å². The average Bonchev–Trinajstić information content (AvgIpc) is 2.29. The SMILES string of the molecule is CCCCCCCN1CCCCC1C(N)=S.